The second-order valence-corrected chi connectivity index (χ2v) is 6.12. The summed E-state index contributed by atoms with van der Waals surface area (Å²) in [5, 5.41) is 2.84. The van der Waals surface area contributed by atoms with Crippen LogP contribution in [0.2, 0.25) is 0 Å². The Balaban J connectivity index is 1.39. The molecule has 0 bridgehead atoms. The molecule has 2 heterocycles. The number of hydrogen-bond donors (Lipinski definition) is 1. The van der Waals surface area contributed by atoms with Gasteiger partial charge in [-0.3, -0.25) is 4.79 Å². The first-order valence-electron chi connectivity index (χ1n) is 8.73. The maximum Gasteiger partial charge on any atom is 0.224 e. The van der Waals surface area contributed by atoms with Crippen LogP contribution < -0.4 is 14.8 Å². The van der Waals surface area contributed by atoms with Gasteiger partial charge in [0.2, 0.25) is 5.91 Å². The summed E-state index contributed by atoms with van der Waals surface area (Å²) in [7, 11) is 0. The molecule has 0 saturated carbocycles. The van der Waals surface area contributed by atoms with Crippen LogP contribution in [0.25, 0.3) is 11.3 Å². The van der Waals surface area contributed by atoms with E-state index in [0.717, 1.165) is 0 Å². The topological polar surface area (TPSA) is 60.7 Å². The van der Waals surface area contributed by atoms with Gasteiger partial charge in [-0.1, -0.05) is 18.2 Å². The van der Waals surface area contributed by atoms with Crippen LogP contribution in [-0.4, -0.2) is 19.1 Å². The van der Waals surface area contributed by atoms with Crippen molar-refractivity contribution in [3.05, 3.63) is 66.2 Å². The van der Waals surface area contributed by atoms with Crippen LogP contribution in [0.3, 0.4) is 0 Å². The van der Waals surface area contributed by atoms with Crippen molar-refractivity contribution >= 4 is 11.6 Å². The SMILES string of the molecule is O=C(CCc1ccc(-c2ccccc2F)o1)Nc1cccc2c1OCCO2. The number of halogens is 1. The van der Waals surface area contributed by atoms with Crippen molar-refractivity contribution in [3.63, 3.8) is 0 Å². The third-order valence-electron chi connectivity index (χ3n) is 4.24. The molecule has 4 rings (SSSR count). The minimum Gasteiger partial charge on any atom is -0.486 e. The molecule has 0 atom stereocenters. The highest BCUT2D eigenvalue weighted by Crippen LogP contribution is 2.37. The first kappa shape index (κ1) is 17.1. The Hall–Kier alpha value is -3.28. The van der Waals surface area contributed by atoms with Gasteiger partial charge in [-0.15, -0.1) is 0 Å². The second kappa shape index (κ2) is 7.53. The Morgan fingerprint density at radius 2 is 1.85 bits per heavy atom. The summed E-state index contributed by atoms with van der Waals surface area (Å²) in [6.45, 7) is 0.943. The van der Waals surface area contributed by atoms with E-state index in [9.17, 15) is 9.18 Å². The molecule has 3 aromatic rings. The summed E-state index contributed by atoms with van der Waals surface area (Å²) >= 11 is 0. The molecular weight excluding hydrogens is 349 g/mol. The van der Waals surface area contributed by atoms with E-state index >= 15 is 0 Å². The lowest BCUT2D eigenvalue weighted by molar-refractivity contribution is -0.116. The van der Waals surface area contributed by atoms with Gasteiger partial charge in [0, 0.05) is 12.8 Å². The van der Waals surface area contributed by atoms with Crippen molar-refractivity contribution in [1.29, 1.82) is 0 Å². The molecule has 1 amide bonds. The van der Waals surface area contributed by atoms with Gasteiger partial charge in [0.15, 0.2) is 11.5 Å². The number of benzene rings is 2. The van der Waals surface area contributed by atoms with E-state index in [-0.39, 0.29) is 18.1 Å². The molecule has 0 saturated heterocycles. The molecule has 5 nitrogen and oxygen atoms in total. The molecule has 0 radical (unpaired) electrons. The third-order valence-corrected chi connectivity index (χ3v) is 4.24. The zero-order valence-electron chi connectivity index (χ0n) is 14.5. The largest absolute Gasteiger partial charge is 0.486 e. The van der Waals surface area contributed by atoms with Crippen LogP contribution in [0.4, 0.5) is 10.1 Å². The number of carbonyl (C=O) groups is 1. The molecule has 1 aliphatic heterocycles. The predicted molar refractivity (Wildman–Crippen MR) is 98.5 cm³/mol. The Labute approximate surface area is 155 Å². The molecule has 1 aliphatic rings. The van der Waals surface area contributed by atoms with Crippen LogP contribution in [-0.2, 0) is 11.2 Å². The van der Waals surface area contributed by atoms with Crippen LogP contribution >= 0.6 is 0 Å². The van der Waals surface area contributed by atoms with Crippen molar-refractivity contribution in [2.24, 2.45) is 0 Å². The number of amides is 1. The highest BCUT2D eigenvalue weighted by Gasteiger charge is 2.17. The maximum absolute atomic E-state index is 13.8. The molecule has 0 spiro atoms. The predicted octanol–water partition coefficient (Wildman–Crippen LogP) is 4.43. The summed E-state index contributed by atoms with van der Waals surface area (Å²) in [5.74, 6) is 1.74. The van der Waals surface area contributed by atoms with Gasteiger partial charge >= 0.3 is 0 Å². The van der Waals surface area contributed by atoms with Gasteiger partial charge in [-0.2, -0.15) is 0 Å². The zero-order chi connectivity index (χ0) is 18.6. The summed E-state index contributed by atoms with van der Waals surface area (Å²) in [6, 6.07) is 15.3. The Kier molecular flexibility index (Phi) is 4.78. The van der Waals surface area contributed by atoms with Gasteiger partial charge in [-0.25, -0.2) is 4.39 Å². The quantitative estimate of drug-likeness (QED) is 0.725. The monoisotopic (exact) mass is 367 g/mol. The smallest absolute Gasteiger partial charge is 0.224 e. The van der Waals surface area contributed by atoms with Gasteiger partial charge in [-0.05, 0) is 36.4 Å². The number of ether oxygens (including phenoxy) is 2. The first-order chi connectivity index (χ1) is 13.2. The number of furan rings is 1. The van der Waals surface area contributed by atoms with Crippen LogP contribution in [0, 0.1) is 5.82 Å². The van der Waals surface area contributed by atoms with Crippen molar-refractivity contribution in [3.8, 4) is 22.8 Å². The van der Waals surface area contributed by atoms with E-state index in [4.69, 9.17) is 13.9 Å². The minimum atomic E-state index is -0.341. The molecule has 2 aromatic carbocycles. The van der Waals surface area contributed by atoms with Crippen molar-refractivity contribution in [1.82, 2.24) is 0 Å². The summed E-state index contributed by atoms with van der Waals surface area (Å²) in [4.78, 5) is 12.3. The van der Waals surface area contributed by atoms with Crippen LogP contribution in [0.5, 0.6) is 11.5 Å². The molecule has 0 unspecified atom stereocenters. The van der Waals surface area contributed by atoms with E-state index in [2.05, 4.69) is 5.32 Å². The molecule has 27 heavy (non-hydrogen) atoms. The van der Waals surface area contributed by atoms with E-state index in [1.165, 1.54) is 6.07 Å². The van der Waals surface area contributed by atoms with Crippen molar-refractivity contribution < 1.29 is 23.1 Å². The highest BCUT2D eigenvalue weighted by atomic mass is 19.1. The normalized spacial score (nSPS) is 12.6. The van der Waals surface area contributed by atoms with E-state index in [0.29, 0.717) is 53.9 Å². The lowest BCUT2D eigenvalue weighted by atomic mass is 10.1. The van der Waals surface area contributed by atoms with Gasteiger partial charge < -0.3 is 19.2 Å². The molecular formula is C21H18FNO4. The Morgan fingerprint density at radius 3 is 2.74 bits per heavy atom. The van der Waals surface area contributed by atoms with Crippen molar-refractivity contribution in [2.75, 3.05) is 18.5 Å². The molecule has 1 aromatic heterocycles. The maximum atomic E-state index is 13.8. The highest BCUT2D eigenvalue weighted by molar-refractivity contribution is 5.93. The van der Waals surface area contributed by atoms with Crippen molar-refractivity contribution in [2.45, 2.75) is 12.8 Å². The van der Waals surface area contributed by atoms with Crippen LogP contribution in [0.15, 0.2) is 59.0 Å². The van der Waals surface area contributed by atoms with E-state index < -0.39 is 0 Å². The number of anilines is 1. The summed E-state index contributed by atoms with van der Waals surface area (Å²) < 4.78 is 30.6. The average Bonchev–Trinajstić information content (AvgIpc) is 3.16. The molecule has 1 N–H and O–H groups in total. The number of nitrogens with one attached hydrogen (secondary N) is 1. The number of carbonyl (C=O) groups excluding carboxylic acids is 1. The number of para-hydroxylation sites is 1. The standard InChI is InChI=1S/C21H18FNO4/c22-16-5-2-1-4-15(16)18-10-8-14(27-18)9-11-20(24)23-17-6-3-7-19-21(17)26-13-12-25-19/h1-8,10H,9,11-13H2,(H,23,24). The fourth-order valence-electron chi connectivity index (χ4n) is 2.94. The van der Waals surface area contributed by atoms with Gasteiger partial charge in [0.05, 0.1) is 11.3 Å². The second-order valence-electron chi connectivity index (χ2n) is 6.12. The van der Waals surface area contributed by atoms with E-state index in [1.54, 1.807) is 48.5 Å². The fraction of sp³-hybridized carbons (Fsp3) is 0.190. The summed E-state index contributed by atoms with van der Waals surface area (Å²) in [5.41, 5.74) is 0.991. The lowest BCUT2D eigenvalue weighted by Gasteiger charge is -2.21. The average molecular weight is 367 g/mol. The van der Waals surface area contributed by atoms with Gasteiger partial charge in [0.25, 0.3) is 0 Å². The Morgan fingerprint density at radius 1 is 1.00 bits per heavy atom. The first-order valence-corrected chi connectivity index (χ1v) is 8.73. The van der Waals surface area contributed by atoms with Gasteiger partial charge in [0.1, 0.15) is 30.6 Å². The zero-order valence-corrected chi connectivity index (χ0v) is 14.5. The molecule has 6 heteroatoms. The minimum absolute atomic E-state index is 0.165. The number of aryl methyl sites for hydroxylation is 1. The molecule has 0 fully saturated rings. The number of rotatable bonds is 5. The van der Waals surface area contributed by atoms with E-state index in [1.807, 2.05) is 0 Å². The molecule has 138 valence electrons. The van der Waals surface area contributed by atoms with Crippen LogP contribution in [0.1, 0.15) is 12.2 Å². The summed E-state index contributed by atoms with van der Waals surface area (Å²) in [6.07, 6.45) is 0.640. The lowest BCUT2D eigenvalue weighted by Crippen LogP contribution is -2.18. The fourth-order valence-corrected chi connectivity index (χ4v) is 2.94. The number of fused-ring (bicyclic) bond motifs is 1. The Bertz CT molecular complexity index is 966. The molecule has 0 aliphatic carbocycles. The number of hydrogen-bond acceptors (Lipinski definition) is 4. The third kappa shape index (κ3) is 3.79.